The van der Waals surface area contributed by atoms with Crippen LogP contribution in [0.5, 0.6) is 0 Å². The molecule has 7 N–H and O–H groups in total. The fourth-order valence-electron chi connectivity index (χ4n) is 2.70. The van der Waals surface area contributed by atoms with Crippen LogP contribution in [0.1, 0.15) is 10.4 Å². The maximum absolute atomic E-state index is 11.6. The highest BCUT2D eigenvalue weighted by Gasteiger charge is 2.50. The summed E-state index contributed by atoms with van der Waals surface area (Å²) < 4.78 is 6.58. The second kappa shape index (κ2) is 5.39. The van der Waals surface area contributed by atoms with Crippen LogP contribution in [0.2, 0.25) is 0 Å². The Bertz CT molecular complexity index is 848. The second-order valence-corrected chi connectivity index (χ2v) is 6.01. The van der Waals surface area contributed by atoms with E-state index in [2.05, 4.69) is 25.9 Å². The van der Waals surface area contributed by atoms with Crippen molar-refractivity contribution in [3.8, 4) is 0 Å². The monoisotopic (exact) mass is 387 g/mol. The summed E-state index contributed by atoms with van der Waals surface area (Å²) in [5, 5.41) is 38.2. The van der Waals surface area contributed by atoms with Gasteiger partial charge in [-0.1, -0.05) is 0 Å². The third-order valence-corrected chi connectivity index (χ3v) is 4.49. The zero-order chi connectivity index (χ0) is 16.9. The van der Waals surface area contributed by atoms with Crippen LogP contribution in [0.3, 0.4) is 0 Å². The van der Waals surface area contributed by atoms with Gasteiger partial charge in [0.05, 0.1) is 28.8 Å². The van der Waals surface area contributed by atoms with E-state index < -0.39 is 30.4 Å². The number of aliphatic hydroxyl groups is 3. The lowest BCUT2D eigenvalue weighted by molar-refractivity contribution is -0.110. The summed E-state index contributed by atoms with van der Waals surface area (Å²) in [4.78, 5) is 18.2. The largest absolute Gasteiger partial charge is 0.394 e. The van der Waals surface area contributed by atoms with E-state index in [9.17, 15) is 15.0 Å². The summed E-state index contributed by atoms with van der Waals surface area (Å²) in [6.45, 7) is -0.779. The van der Waals surface area contributed by atoms with E-state index in [1.807, 2.05) is 0 Å². The van der Waals surface area contributed by atoms with Gasteiger partial charge < -0.3 is 30.8 Å². The molecule has 2 aromatic heterocycles. The smallest absolute Gasteiger partial charge is 0.252 e. The van der Waals surface area contributed by atoms with E-state index >= 15 is 0 Å². The van der Waals surface area contributed by atoms with E-state index in [1.165, 1.54) is 0 Å². The average molecular weight is 388 g/mol. The number of ether oxygens (including phenoxy) is 1. The van der Waals surface area contributed by atoms with E-state index in [-0.39, 0.29) is 33.3 Å². The number of hydrogen-bond donors (Lipinski definition) is 6. The van der Waals surface area contributed by atoms with Crippen LogP contribution in [0.4, 0.5) is 0 Å². The molecular weight excluding hydrogens is 374 g/mol. The lowest BCUT2D eigenvalue weighted by Gasteiger charge is -2.29. The number of primary amides is 1. The van der Waals surface area contributed by atoms with Gasteiger partial charge in [-0.15, -0.1) is 0 Å². The molecule has 11 heteroatoms. The van der Waals surface area contributed by atoms with Crippen molar-refractivity contribution in [1.82, 2.24) is 14.5 Å². The third-order valence-electron chi connectivity index (χ3n) is 3.89. The lowest BCUT2D eigenvalue weighted by atomic mass is 10.1. The van der Waals surface area contributed by atoms with Gasteiger partial charge in [0.15, 0.2) is 11.2 Å². The summed E-state index contributed by atoms with van der Waals surface area (Å²) in [5.41, 5.74) is 3.36. The molecule has 124 valence electrons. The van der Waals surface area contributed by atoms with Crippen molar-refractivity contribution in [2.24, 2.45) is 5.73 Å². The van der Waals surface area contributed by atoms with Gasteiger partial charge >= 0.3 is 0 Å². The summed E-state index contributed by atoms with van der Waals surface area (Å²) in [6, 6.07) is 0. The van der Waals surface area contributed by atoms with Crippen molar-refractivity contribution in [1.29, 1.82) is 5.41 Å². The zero-order valence-corrected chi connectivity index (χ0v) is 13.2. The van der Waals surface area contributed by atoms with Gasteiger partial charge in [-0.05, 0) is 15.9 Å². The summed E-state index contributed by atoms with van der Waals surface area (Å²) in [7, 11) is 0. The predicted octanol–water partition coefficient (Wildman–Crippen LogP) is -1.90. The highest BCUT2D eigenvalue weighted by molar-refractivity contribution is 9.10. The highest BCUT2D eigenvalue weighted by atomic mass is 79.9. The minimum atomic E-state index is -1.93. The highest BCUT2D eigenvalue weighted by Crippen LogP contribution is 2.33. The number of carbonyl (C=O) groups is 1. The number of hydrogen-bond acceptors (Lipinski definition) is 7. The van der Waals surface area contributed by atoms with E-state index in [1.54, 1.807) is 0 Å². The molecule has 23 heavy (non-hydrogen) atoms. The summed E-state index contributed by atoms with van der Waals surface area (Å²) in [5.74, 6) is -0.778. The first-order valence-electron chi connectivity index (χ1n) is 6.58. The number of aliphatic hydroxyl groups excluding tert-OH is 2. The van der Waals surface area contributed by atoms with Crippen molar-refractivity contribution < 1.29 is 24.9 Å². The number of rotatable bonds is 3. The molecule has 1 amide bonds. The molecule has 3 atom stereocenters. The van der Waals surface area contributed by atoms with Gasteiger partial charge in [0.2, 0.25) is 0 Å². The molecule has 0 bridgehead atoms. The molecule has 3 rings (SSSR count). The van der Waals surface area contributed by atoms with Crippen LogP contribution in [-0.2, 0) is 10.5 Å². The Morgan fingerprint density at radius 3 is 2.96 bits per heavy atom. The van der Waals surface area contributed by atoms with Crippen molar-refractivity contribution >= 4 is 32.9 Å². The van der Waals surface area contributed by atoms with Crippen molar-refractivity contribution in [2.75, 3.05) is 13.2 Å². The molecule has 1 unspecified atom stereocenters. The van der Waals surface area contributed by atoms with Crippen molar-refractivity contribution in [2.45, 2.75) is 17.9 Å². The molecule has 1 fully saturated rings. The molecule has 3 heterocycles. The number of nitrogens with one attached hydrogen (secondary N) is 2. The normalized spacial score (nSPS) is 27.7. The SMILES string of the molecule is N=c1ncn([C@]2(O)CO[C@@H](CO)C2O)c2[nH]c(Br)c(C(N)=O)c12. The minimum absolute atomic E-state index is 0.0163. The number of H-pyrrole nitrogens is 1. The molecule has 1 aliphatic rings. The summed E-state index contributed by atoms with van der Waals surface area (Å²) in [6.07, 6.45) is -1.25. The Balaban J connectivity index is 2.29. The first kappa shape index (κ1) is 16.1. The fraction of sp³-hybridized carbons (Fsp3) is 0.417. The van der Waals surface area contributed by atoms with Crippen molar-refractivity contribution in [3.63, 3.8) is 0 Å². The number of aromatic nitrogens is 3. The Morgan fingerprint density at radius 1 is 1.70 bits per heavy atom. The Labute approximate surface area is 137 Å². The number of carbonyl (C=O) groups excluding carboxylic acids is 1. The molecule has 0 aromatic carbocycles. The third kappa shape index (κ3) is 2.20. The van der Waals surface area contributed by atoms with Gasteiger partial charge in [0.25, 0.3) is 5.91 Å². The molecule has 0 radical (unpaired) electrons. The lowest BCUT2D eigenvalue weighted by Crippen LogP contribution is -2.47. The molecule has 0 aliphatic carbocycles. The quantitative estimate of drug-likeness (QED) is 0.359. The van der Waals surface area contributed by atoms with E-state index in [0.717, 1.165) is 10.9 Å². The first-order chi connectivity index (χ1) is 10.8. The molecule has 1 aliphatic heterocycles. The number of halogens is 1. The average Bonchev–Trinajstić information content (AvgIpc) is 2.98. The maximum atomic E-state index is 11.6. The topological polar surface area (TPSA) is 170 Å². The van der Waals surface area contributed by atoms with E-state index in [4.69, 9.17) is 21.0 Å². The van der Waals surface area contributed by atoms with Crippen LogP contribution >= 0.6 is 15.9 Å². The van der Waals surface area contributed by atoms with E-state index in [0.29, 0.717) is 0 Å². The number of aromatic amines is 1. The molecular formula is C12H14BrN5O5. The van der Waals surface area contributed by atoms with Crippen LogP contribution in [0.15, 0.2) is 10.9 Å². The van der Waals surface area contributed by atoms with Crippen LogP contribution in [0.25, 0.3) is 11.0 Å². The van der Waals surface area contributed by atoms with Gasteiger partial charge in [-0.25, -0.2) is 4.98 Å². The molecule has 0 spiro atoms. The standard InChI is InChI=1S/C12H14BrN5O5/c13-8-5(10(15)21)6-9(14)16-3-18(11(6)17-8)12(22)2-23-4(1-19)7(12)20/h3-4,7,14,17,19-20,22H,1-2H2,(H2,15,21)/t4-,7?,12-/m0/s1. The first-order valence-corrected chi connectivity index (χ1v) is 7.37. The molecule has 0 saturated carbocycles. The molecule has 2 aromatic rings. The minimum Gasteiger partial charge on any atom is -0.394 e. The summed E-state index contributed by atoms with van der Waals surface area (Å²) >= 11 is 3.15. The number of fused-ring (bicyclic) bond motifs is 1. The second-order valence-electron chi connectivity index (χ2n) is 5.22. The van der Waals surface area contributed by atoms with Gasteiger partial charge in [0, 0.05) is 0 Å². The maximum Gasteiger partial charge on any atom is 0.252 e. The Hall–Kier alpha value is -1.79. The number of amides is 1. The number of nitrogens with two attached hydrogens (primary N) is 1. The fourth-order valence-corrected chi connectivity index (χ4v) is 3.28. The van der Waals surface area contributed by atoms with Crippen LogP contribution in [0, 0.1) is 5.41 Å². The number of nitrogens with zero attached hydrogens (tertiary/aromatic N) is 2. The van der Waals surface area contributed by atoms with Crippen LogP contribution in [-0.4, -0.2) is 61.2 Å². The Morgan fingerprint density at radius 2 is 2.39 bits per heavy atom. The molecule has 1 saturated heterocycles. The Kier molecular flexibility index (Phi) is 3.77. The predicted molar refractivity (Wildman–Crippen MR) is 79.2 cm³/mol. The van der Waals surface area contributed by atoms with Gasteiger partial charge in [0.1, 0.15) is 24.2 Å². The zero-order valence-electron chi connectivity index (χ0n) is 11.7. The van der Waals surface area contributed by atoms with Gasteiger partial charge in [-0.2, -0.15) is 0 Å². The molecule has 10 nitrogen and oxygen atoms in total. The van der Waals surface area contributed by atoms with Crippen LogP contribution < -0.4 is 11.2 Å². The van der Waals surface area contributed by atoms with Crippen molar-refractivity contribution in [3.05, 3.63) is 22.0 Å². The van der Waals surface area contributed by atoms with Gasteiger partial charge in [-0.3, -0.25) is 14.8 Å².